The maximum atomic E-state index is 11.5. The van der Waals surface area contributed by atoms with E-state index in [1.54, 1.807) is 0 Å². The summed E-state index contributed by atoms with van der Waals surface area (Å²) >= 11 is 0. The SMILES string of the molecule is O=CCCCCCCCC(CC(CCCCCCCC=O)C(=O)O)C(=O)O. The molecule has 0 saturated heterocycles. The van der Waals surface area contributed by atoms with E-state index in [2.05, 4.69) is 0 Å². The van der Waals surface area contributed by atoms with Gasteiger partial charge in [-0.1, -0.05) is 51.4 Å². The first-order chi connectivity index (χ1) is 13.0. The Morgan fingerprint density at radius 1 is 0.593 bits per heavy atom. The number of carboxylic acids is 2. The Morgan fingerprint density at radius 2 is 0.926 bits per heavy atom. The molecule has 0 spiro atoms. The molecule has 0 aliphatic heterocycles. The lowest BCUT2D eigenvalue weighted by Gasteiger charge is -2.18. The maximum Gasteiger partial charge on any atom is 0.306 e. The molecule has 2 atom stereocenters. The quantitative estimate of drug-likeness (QED) is 0.234. The molecule has 27 heavy (non-hydrogen) atoms. The van der Waals surface area contributed by atoms with Crippen molar-refractivity contribution < 1.29 is 29.4 Å². The largest absolute Gasteiger partial charge is 0.481 e. The highest BCUT2D eigenvalue weighted by Gasteiger charge is 2.26. The predicted molar refractivity (Wildman–Crippen MR) is 104 cm³/mol. The van der Waals surface area contributed by atoms with E-state index < -0.39 is 23.8 Å². The van der Waals surface area contributed by atoms with Gasteiger partial charge in [0.25, 0.3) is 0 Å². The molecule has 0 aromatic carbocycles. The Labute approximate surface area is 162 Å². The van der Waals surface area contributed by atoms with Crippen molar-refractivity contribution in [1.29, 1.82) is 0 Å². The van der Waals surface area contributed by atoms with Crippen molar-refractivity contribution in [3.05, 3.63) is 0 Å². The van der Waals surface area contributed by atoms with Crippen LogP contribution in [0.3, 0.4) is 0 Å². The standard InChI is InChI=1S/C21H36O6/c22-15-11-7-3-1-5-9-13-18(20(24)25)17-19(21(26)27)14-10-6-2-4-8-12-16-23/h15-16,18-19H,1-14,17H2,(H,24,25)(H,26,27). The van der Waals surface area contributed by atoms with E-state index in [-0.39, 0.29) is 6.42 Å². The molecule has 0 amide bonds. The van der Waals surface area contributed by atoms with Crippen molar-refractivity contribution in [3.8, 4) is 0 Å². The first-order valence-corrected chi connectivity index (χ1v) is 10.4. The molecule has 2 N–H and O–H groups in total. The Balaban J connectivity index is 4.11. The molecule has 0 aromatic rings. The Morgan fingerprint density at radius 3 is 1.26 bits per heavy atom. The molecule has 156 valence electrons. The summed E-state index contributed by atoms with van der Waals surface area (Å²) in [5.74, 6) is -3.02. The first kappa shape index (κ1) is 25.3. The van der Waals surface area contributed by atoms with Gasteiger partial charge in [-0.3, -0.25) is 9.59 Å². The highest BCUT2D eigenvalue weighted by Crippen LogP contribution is 2.24. The lowest BCUT2D eigenvalue weighted by molar-refractivity contribution is -0.146. The van der Waals surface area contributed by atoms with Gasteiger partial charge in [-0.05, 0) is 32.1 Å². The molecule has 0 aromatic heterocycles. The van der Waals surface area contributed by atoms with Crippen LogP contribution >= 0.6 is 0 Å². The number of rotatable bonds is 20. The van der Waals surface area contributed by atoms with Crippen LogP contribution in [0.4, 0.5) is 0 Å². The zero-order valence-corrected chi connectivity index (χ0v) is 16.4. The molecule has 0 saturated carbocycles. The molecule has 0 rings (SSSR count). The fraction of sp³-hybridized carbons (Fsp3) is 0.810. The minimum Gasteiger partial charge on any atom is -0.481 e. The minimum atomic E-state index is -0.906. The molecule has 0 heterocycles. The number of aldehydes is 2. The highest BCUT2D eigenvalue weighted by molar-refractivity contribution is 5.73. The fourth-order valence-electron chi connectivity index (χ4n) is 3.33. The Bertz CT molecular complexity index is 383. The molecule has 0 bridgehead atoms. The third-order valence-electron chi connectivity index (χ3n) is 5.02. The molecule has 6 heteroatoms. The van der Waals surface area contributed by atoms with E-state index in [1.807, 2.05) is 0 Å². The van der Waals surface area contributed by atoms with E-state index in [0.29, 0.717) is 25.7 Å². The maximum absolute atomic E-state index is 11.5. The predicted octanol–water partition coefficient (Wildman–Crippen LogP) is 4.64. The van der Waals surface area contributed by atoms with Gasteiger partial charge < -0.3 is 19.8 Å². The van der Waals surface area contributed by atoms with Gasteiger partial charge in [0.05, 0.1) is 11.8 Å². The summed E-state index contributed by atoms with van der Waals surface area (Å²) in [6.07, 6.45) is 13.3. The number of aliphatic carboxylic acids is 2. The van der Waals surface area contributed by atoms with Crippen molar-refractivity contribution in [2.75, 3.05) is 0 Å². The van der Waals surface area contributed by atoms with Crippen molar-refractivity contribution in [2.45, 2.75) is 96.3 Å². The molecule has 2 unspecified atom stereocenters. The normalized spacial score (nSPS) is 13.0. The monoisotopic (exact) mass is 384 g/mol. The number of hydrogen-bond acceptors (Lipinski definition) is 4. The number of carbonyl (C=O) groups excluding carboxylic acids is 2. The van der Waals surface area contributed by atoms with Gasteiger partial charge in [0, 0.05) is 12.8 Å². The summed E-state index contributed by atoms with van der Waals surface area (Å²) in [5.41, 5.74) is 0. The van der Waals surface area contributed by atoms with E-state index in [4.69, 9.17) is 0 Å². The fourth-order valence-corrected chi connectivity index (χ4v) is 3.33. The molecule has 0 fully saturated rings. The summed E-state index contributed by atoms with van der Waals surface area (Å²) in [4.78, 5) is 43.4. The summed E-state index contributed by atoms with van der Waals surface area (Å²) in [7, 11) is 0. The lowest BCUT2D eigenvalue weighted by Crippen LogP contribution is -2.23. The van der Waals surface area contributed by atoms with E-state index in [0.717, 1.165) is 76.8 Å². The smallest absolute Gasteiger partial charge is 0.306 e. The van der Waals surface area contributed by atoms with Crippen LogP contribution in [-0.4, -0.2) is 34.7 Å². The third-order valence-corrected chi connectivity index (χ3v) is 5.02. The van der Waals surface area contributed by atoms with Gasteiger partial charge >= 0.3 is 11.9 Å². The third kappa shape index (κ3) is 15.1. The number of carbonyl (C=O) groups is 4. The summed E-state index contributed by atoms with van der Waals surface area (Å²) in [6.45, 7) is 0. The number of hydrogen-bond donors (Lipinski definition) is 2. The minimum absolute atomic E-state index is 0.195. The highest BCUT2D eigenvalue weighted by atomic mass is 16.4. The van der Waals surface area contributed by atoms with Gasteiger partial charge in [-0.25, -0.2) is 0 Å². The van der Waals surface area contributed by atoms with Crippen molar-refractivity contribution >= 4 is 24.5 Å². The summed E-state index contributed by atoms with van der Waals surface area (Å²) < 4.78 is 0. The average molecular weight is 385 g/mol. The van der Waals surface area contributed by atoms with Crippen LogP contribution in [0.2, 0.25) is 0 Å². The van der Waals surface area contributed by atoms with E-state index in [1.165, 1.54) is 0 Å². The van der Waals surface area contributed by atoms with Crippen molar-refractivity contribution in [1.82, 2.24) is 0 Å². The van der Waals surface area contributed by atoms with Gasteiger partial charge in [0.2, 0.25) is 0 Å². The van der Waals surface area contributed by atoms with Crippen LogP contribution in [0, 0.1) is 11.8 Å². The lowest BCUT2D eigenvalue weighted by atomic mass is 9.87. The molecular formula is C21H36O6. The zero-order chi connectivity index (χ0) is 20.3. The Hall–Kier alpha value is -1.72. The van der Waals surface area contributed by atoms with Gasteiger partial charge in [-0.2, -0.15) is 0 Å². The zero-order valence-electron chi connectivity index (χ0n) is 16.4. The van der Waals surface area contributed by atoms with Crippen LogP contribution in [-0.2, 0) is 19.2 Å². The molecular weight excluding hydrogens is 348 g/mol. The van der Waals surface area contributed by atoms with Crippen LogP contribution < -0.4 is 0 Å². The van der Waals surface area contributed by atoms with E-state index >= 15 is 0 Å². The second-order valence-corrected chi connectivity index (χ2v) is 7.33. The average Bonchev–Trinajstić information content (AvgIpc) is 2.63. The number of unbranched alkanes of at least 4 members (excludes halogenated alkanes) is 10. The second-order valence-electron chi connectivity index (χ2n) is 7.33. The molecule has 0 aliphatic carbocycles. The van der Waals surface area contributed by atoms with E-state index in [9.17, 15) is 29.4 Å². The first-order valence-electron chi connectivity index (χ1n) is 10.4. The van der Waals surface area contributed by atoms with Crippen molar-refractivity contribution in [3.63, 3.8) is 0 Å². The summed E-state index contributed by atoms with van der Waals surface area (Å²) in [6, 6.07) is 0. The Kier molecular flexibility index (Phi) is 16.6. The second kappa shape index (κ2) is 17.7. The van der Waals surface area contributed by atoms with Gasteiger partial charge in [0.15, 0.2) is 0 Å². The van der Waals surface area contributed by atoms with Crippen LogP contribution in [0.5, 0.6) is 0 Å². The van der Waals surface area contributed by atoms with Crippen molar-refractivity contribution in [2.24, 2.45) is 11.8 Å². The topological polar surface area (TPSA) is 109 Å². The number of carboxylic acid groups (broad SMARTS) is 2. The van der Waals surface area contributed by atoms with Gasteiger partial charge in [-0.15, -0.1) is 0 Å². The van der Waals surface area contributed by atoms with Crippen LogP contribution in [0.1, 0.15) is 96.3 Å². The molecule has 0 radical (unpaired) electrons. The van der Waals surface area contributed by atoms with Crippen LogP contribution in [0.25, 0.3) is 0 Å². The molecule has 0 aliphatic rings. The van der Waals surface area contributed by atoms with Gasteiger partial charge in [0.1, 0.15) is 12.6 Å². The molecule has 6 nitrogen and oxygen atoms in total. The van der Waals surface area contributed by atoms with Crippen LogP contribution in [0.15, 0.2) is 0 Å². The summed E-state index contributed by atoms with van der Waals surface area (Å²) in [5, 5.41) is 18.8.